The smallest absolute Gasteiger partial charge is 0.347 e. The Morgan fingerprint density at radius 2 is 1.76 bits per heavy atom. The van der Waals surface area contributed by atoms with Crippen LogP contribution in [0.15, 0.2) is 88.4 Å². The molecule has 5 aromatic rings. The minimum absolute atomic E-state index is 0.167. The molecular weight excluding hydrogens is 629 g/mol. The lowest BCUT2D eigenvalue weighted by atomic mass is 10.0. The number of carbonyl (C=O) groups is 2. The monoisotopic (exact) mass is 649 g/mol. The van der Waals surface area contributed by atoms with Crippen molar-refractivity contribution >= 4 is 68.1 Å². The molecule has 0 radical (unpaired) electrons. The summed E-state index contributed by atoms with van der Waals surface area (Å²) in [5.41, 5.74) is 6.70. The Hall–Kier alpha value is -4.11. The van der Waals surface area contributed by atoms with Gasteiger partial charge >= 0.3 is 5.97 Å². The number of aromatic nitrogens is 1. The summed E-state index contributed by atoms with van der Waals surface area (Å²) in [4.78, 5) is 29.6. The number of benzene rings is 4. The van der Waals surface area contributed by atoms with Crippen molar-refractivity contribution < 1.29 is 19.1 Å². The fourth-order valence-corrected chi connectivity index (χ4v) is 5.18. The van der Waals surface area contributed by atoms with Gasteiger partial charge in [-0.1, -0.05) is 75.5 Å². The SMILES string of the molecule is COc1ccc(Cl)cc1C(=O)Oc1ccc(Br)cc1C=NNC(=O)c1[nH]c2c(C)cccc2c1-c1ccccc1Cl. The van der Waals surface area contributed by atoms with Gasteiger partial charge in [-0.15, -0.1) is 0 Å². The van der Waals surface area contributed by atoms with Crippen LogP contribution in [0.5, 0.6) is 11.5 Å². The average molecular weight is 651 g/mol. The highest BCUT2D eigenvalue weighted by Gasteiger charge is 2.22. The van der Waals surface area contributed by atoms with Crippen LogP contribution in [0.1, 0.15) is 32.0 Å². The summed E-state index contributed by atoms with van der Waals surface area (Å²) in [6, 6.07) is 22.9. The van der Waals surface area contributed by atoms with E-state index in [0.29, 0.717) is 32.6 Å². The number of fused-ring (bicyclic) bond motifs is 1. The first kappa shape index (κ1) is 28.4. The van der Waals surface area contributed by atoms with Crippen LogP contribution in [0.4, 0.5) is 0 Å². The van der Waals surface area contributed by atoms with Gasteiger partial charge in [0.2, 0.25) is 0 Å². The number of aryl methyl sites for hydroxylation is 1. The van der Waals surface area contributed by atoms with E-state index in [1.54, 1.807) is 36.4 Å². The number of rotatable bonds is 7. The zero-order valence-electron chi connectivity index (χ0n) is 21.8. The molecule has 0 atom stereocenters. The van der Waals surface area contributed by atoms with E-state index in [9.17, 15) is 9.59 Å². The summed E-state index contributed by atoms with van der Waals surface area (Å²) in [7, 11) is 1.45. The van der Waals surface area contributed by atoms with Gasteiger partial charge in [-0.3, -0.25) is 4.79 Å². The fraction of sp³-hybridized carbons (Fsp3) is 0.0645. The van der Waals surface area contributed by atoms with E-state index in [1.165, 1.54) is 19.4 Å². The van der Waals surface area contributed by atoms with E-state index >= 15 is 0 Å². The molecule has 0 unspecified atom stereocenters. The Labute approximate surface area is 254 Å². The number of esters is 1. The van der Waals surface area contributed by atoms with Crippen molar-refractivity contribution in [1.82, 2.24) is 10.4 Å². The second-order valence-electron chi connectivity index (χ2n) is 8.97. The molecule has 0 aliphatic heterocycles. The van der Waals surface area contributed by atoms with E-state index < -0.39 is 11.9 Å². The highest BCUT2D eigenvalue weighted by atomic mass is 79.9. The number of hydrogen-bond donors (Lipinski definition) is 2. The fourth-order valence-electron chi connectivity index (χ4n) is 4.40. The van der Waals surface area contributed by atoms with Crippen molar-refractivity contribution in [3.63, 3.8) is 0 Å². The lowest BCUT2D eigenvalue weighted by Crippen LogP contribution is -2.19. The summed E-state index contributed by atoms with van der Waals surface area (Å²) in [6.07, 6.45) is 1.39. The van der Waals surface area contributed by atoms with Crippen molar-refractivity contribution in [3.8, 4) is 22.6 Å². The van der Waals surface area contributed by atoms with Crippen LogP contribution in [0.25, 0.3) is 22.0 Å². The number of para-hydroxylation sites is 1. The molecule has 7 nitrogen and oxygen atoms in total. The van der Waals surface area contributed by atoms with Gasteiger partial charge in [0.15, 0.2) is 0 Å². The first-order valence-corrected chi connectivity index (χ1v) is 13.9. The number of hydrogen-bond acceptors (Lipinski definition) is 5. The Morgan fingerprint density at radius 3 is 2.54 bits per heavy atom. The van der Waals surface area contributed by atoms with Gasteiger partial charge in [0, 0.05) is 42.1 Å². The van der Waals surface area contributed by atoms with Crippen LogP contribution in [0.3, 0.4) is 0 Å². The van der Waals surface area contributed by atoms with Crippen LogP contribution >= 0.6 is 39.1 Å². The van der Waals surface area contributed by atoms with Crippen molar-refractivity contribution in [1.29, 1.82) is 0 Å². The topological polar surface area (TPSA) is 92.8 Å². The number of aromatic amines is 1. The second-order valence-corrected chi connectivity index (χ2v) is 10.7. The Balaban J connectivity index is 1.44. The molecule has 1 heterocycles. The van der Waals surface area contributed by atoms with Gasteiger partial charge in [0.25, 0.3) is 5.91 Å². The number of amides is 1. The molecule has 0 spiro atoms. The number of nitrogens with one attached hydrogen (secondary N) is 2. The summed E-state index contributed by atoms with van der Waals surface area (Å²) >= 11 is 16.0. The molecule has 10 heteroatoms. The number of halogens is 3. The standard InChI is InChI=1S/C31H22BrCl2N3O4/c1-17-6-5-8-22-27(21-7-3-4-9-24(21)34)29(36-28(17)22)30(38)37-35-16-18-14-19(32)10-12-25(18)41-31(39)23-15-20(33)11-13-26(23)40-2/h3-16,36H,1-2H3,(H,37,38). The molecule has 1 aromatic heterocycles. The molecule has 0 saturated carbocycles. The van der Waals surface area contributed by atoms with Gasteiger partial charge in [-0.25, -0.2) is 10.2 Å². The number of methoxy groups -OCH3 is 1. The molecule has 0 aliphatic rings. The molecule has 0 saturated heterocycles. The third kappa shape index (κ3) is 6.00. The molecule has 206 valence electrons. The first-order valence-electron chi connectivity index (χ1n) is 12.3. The van der Waals surface area contributed by atoms with Crippen molar-refractivity contribution in [2.45, 2.75) is 6.92 Å². The van der Waals surface area contributed by atoms with E-state index in [4.69, 9.17) is 32.7 Å². The van der Waals surface area contributed by atoms with Crippen LogP contribution < -0.4 is 14.9 Å². The zero-order valence-corrected chi connectivity index (χ0v) is 24.9. The summed E-state index contributed by atoms with van der Waals surface area (Å²) in [5, 5.41) is 5.91. The molecule has 2 N–H and O–H groups in total. The lowest BCUT2D eigenvalue weighted by Gasteiger charge is -2.11. The normalized spacial score (nSPS) is 11.1. The highest BCUT2D eigenvalue weighted by molar-refractivity contribution is 9.10. The summed E-state index contributed by atoms with van der Waals surface area (Å²) < 4.78 is 11.6. The molecule has 0 aliphatic carbocycles. The van der Waals surface area contributed by atoms with Crippen molar-refractivity contribution in [2.75, 3.05) is 7.11 Å². The highest BCUT2D eigenvalue weighted by Crippen LogP contribution is 2.37. The molecule has 5 rings (SSSR count). The lowest BCUT2D eigenvalue weighted by molar-refractivity contribution is 0.0730. The van der Waals surface area contributed by atoms with E-state index in [-0.39, 0.29) is 11.3 Å². The molecule has 41 heavy (non-hydrogen) atoms. The third-order valence-electron chi connectivity index (χ3n) is 6.34. The quantitative estimate of drug-likeness (QED) is 0.0804. The number of carbonyl (C=O) groups excluding carboxylic acids is 2. The van der Waals surface area contributed by atoms with E-state index in [1.807, 2.05) is 43.3 Å². The molecule has 4 aromatic carbocycles. The number of H-pyrrole nitrogens is 1. The maximum absolute atomic E-state index is 13.4. The third-order valence-corrected chi connectivity index (χ3v) is 7.40. The first-order chi connectivity index (χ1) is 19.8. The van der Waals surface area contributed by atoms with E-state index in [2.05, 4.69) is 31.4 Å². The Kier molecular flexibility index (Phi) is 8.44. The van der Waals surface area contributed by atoms with Gasteiger partial charge in [0.1, 0.15) is 22.8 Å². The average Bonchev–Trinajstić information content (AvgIpc) is 3.35. The predicted molar refractivity (Wildman–Crippen MR) is 166 cm³/mol. The molecule has 0 bridgehead atoms. The molecular formula is C31H22BrCl2N3O4. The van der Waals surface area contributed by atoms with Crippen molar-refractivity contribution in [3.05, 3.63) is 116 Å². The van der Waals surface area contributed by atoms with Gasteiger partial charge in [-0.05, 0) is 55.0 Å². The number of nitrogens with zero attached hydrogens (tertiary/aromatic N) is 1. The minimum Gasteiger partial charge on any atom is -0.496 e. The van der Waals surface area contributed by atoms with Crippen LogP contribution in [0.2, 0.25) is 10.0 Å². The van der Waals surface area contributed by atoms with Gasteiger partial charge in [-0.2, -0.15) is 5.10 Å². The van der Waals surface area contributed by atoms with Gasteiger partial charge in [0.05, 0.1) is 13.3 Å². The second kappa shape index (κ2) is 12.2. The van der Waals surface area contributed by atoms with Crippen LogP contribution in [-0.2, 0) is 0 Å². The molecule has 1 amide bonds. The van der Waals surface area contributed by atoms with Crippen molar-refractivity contribution in [2.24, 2.45) is 5.10 Å². The minimum atomic E-state index is -0.664. The maximum atomic E-state index is 13.4. The Bertz CT molecular complexity index is 1830. The maximum Gasteiger partial charge on any atom is 0.347 e. The van der Waals surface area contributed by atoms with Gasteiger partial charge < -0.3 is 14.5 Å². The van der Waals surface area contributed by atoms with E-state index in [0.717, 1.165) is 26.5 Å². The Morgan fingerprint density at radius 1 is 0.976 bits per heavy atom. The number of ether oxygens (including phenoxy) is 2. The molecule has 0 fully saturated rings. The summed E-state index contributed by atoms with van der Waals surface area (Å²) in [6.45, 7) is 1.96. The van der Waals surface area contributed by atoms with Crippen LogP contribution in [0, 0.1) is 6.92 Å². The largest absolute Gasteiger partial charge is 0.496 e. The number of hydrazone groups is 1. The zero-order chi connectivity index (χ0) is 29.1. The summed E-state index contributed by atoms with van der Waals surface area (Å²) in [5.74, 6) is -0.592. The van der Waals surface area contributed by atoms with Crippen LogP contribution in [-0.4, -0.2) is 30.2 Å². The predicted octanol–water partition coefficient (Wildman–Crippen LogP) is 8.20.